The van der Waals surface area contributed by atoms with Gasteiger partial charge in [-0.25, -0.2) is 0 Å². The van der Waals surface area contributed by atoms with Crippen LogP contribution in [0.1, 0.15) is 58.2 Å². The Balaban J connectivity index is 3.13. The SMILES string of the molecule is CC(C)Cc1cc(O)c(CC(C)C)c(CC(C)C)c1. The zero-order chi connectivity index (χ0) is 14.6. The summed E-state index contributed by atoms with van der Waals surface area (Å²) in [5.41, 5.74) is 3.78. The first kappa shape index (κ1) is 16.1. The Bertz CT molecular complexity index is 402. The molecule has 0 amide bonds. The number of hydrogen-bond donors (Lipinski definition) is 1. The predicted octanol–water partition coefficient (Wildman–Crippen LogP) is 4.99. The number of hydrogen-bond acceptors (Lipinski definition) is 1. The van der Waals surface area contributed by atoms with E-state index < -0.39 is 0 Å². The van der Waals surface area contributed by atoms with E-state index in [1.807, 2.05) is 6.07 Å². The molecule has 0 heterocycles. The van der Waals surface area contributed by atoms with Crippen molar-refractivity contribution in [3.8, 4) is 5.75 Å². The van der Waals surface area contributed by atoms with Crippen molar-refractivity contribution in [1.82, 2.24) is 0 Å². The van der Waals surface area contributed by atoms with Crippen molar-refractivity contribution in [2.24, 2.45) is 17.8 Å². The number of rotatable bonds is 6. The Morgan fingerprint density at radius 2 is 1.32 bits per heavy atom. The van der Waals surface area contributed by atoms with Gasteiger partial charge in [-0.2, -0.15) is 0 Å². The van der Waals surface area contributed by atoms with E-state index in [9.17, 15) is 5.11 Å². The molecule has 19 heavy (non-hydrogen) atoms. The van der Waals surface area contributed by atoms with E-state index in [1.165, 1.54) is 11.1 Å². The summed E-state index contributed by atoms with van der Waals surface area (Å²) in [6.07, 6.45) is 3.07. The number of phenols is 1. The van der Waals surface area contributed by atoms with Crippen molar-refractivity contribution in [2.75, 3.05) is 0 Å². The average molecular weight is 262 g/mol. The minimum Gasteiger partial charge on any atom is -0.508 e. The molecule has 1 nitrogen and oxygen atoms in total. The quantitative estimate of drug-likeness (QED) is 0.766. The Labute approximate surface area is 119 Å². The van der Waals surface area contributed by atoms with Gasteiger partial charge in [0.05, 0.1) is 0 Å². The van der Waals surface area contributed by atoms with E-state index in [-0.39, 0.29) is 0 Å². The zero-order valence-corrected chi connectivity index (χ0v) is 13.5. The first-order valence-electron chi connectivity index (χ1n) is 7.63. The first-order valence-corrected chi connectivity index (χ1v) is 7.63. The minimum atomic E-state index is 0.502. The van der Waals surface area contributed by atoms with Crippen molar-refractivity contribution < 1.29 is 5.11 Å². The molecule has 0 aliphatic carbocycles. The van der Waals surface area contributed by atoms with E-state index in [2.05, 4.69) is 47.6 Å². The third kappa shape index (κ3) is 5.26. The van der Waals surface area contributed by atoms with Gasteiger partial charge in [0.2, 0.25) is 0 Å². The van der Waals surface area contributed by atoms with Crippen LogP contribution in [0.2, 0.25) is 0 Å². The Kier molecular flexibility index (Phi) is 5.90. The van der Waals surface area contributed by atoms with Crippen LogP contribution in [0, 0.1) is 17.8 Å². The normalized spacial score (nSPS) is 11.8. The lowest BCUT2D eigenvalue weighted by molar-refractivity contribution is 0.458. The molecule has 0 spiro atoms. The highest BCUT2D eigenvalue weighted by Crippen LogP contribution is 2.29. The van der Waals surface area contributed by atoms with E-state index in [0.29, 0.717) is 23.5 Å². The highest BCUT2D eigenvalue weighted by molar-refractivity contribution is 5.43. The van der Waals surface area contributed by atoms with E-state index >= 15 is 0 Å². The molecule has 0 aromatic heterocycles. The predicted molar refractivity (Wildman–Crippen MR) is 83.7 cm³/mol. The lowest BCUT2D eigenvalue weighted by Crippen LogP contribution is -2.05. The number of phenolic OH excluding ortho intramolecular Hbond substituents is 1. The smallest absolute Gasteiger partial charge is 0.119 e. The summed E-state index contributed by atoms with van der Waals surface area (Å²) < 4.78 is 0. The van der Waals surface area contributed by atoms with E-state index in [4.69, 9.17) is 0 Å². The molecule has 0 bridgehead atoms. The highest BCUT2D eigenvalue weighted by Gasteiger charge is 2.13. The topological polar surface area (TPSA) is 20.2 Å². The van der Waals surface area contributed by atoms with Gasteiger partial charge in [-0.05, 0) is 59.8 Å². The second-order valence-electron chi connectivity index (χ2n) is 7.05. The van der Waals surface area contributed by atoms with E-state index in [0.717, 1.165) is 24.8 Å². The van der Waals surface area contributed by atoms with Gasteiger partial charge < -0.3 is 5.11 Å². The third-order valence-corrected chi connectivity index (χ3v) is 3.26. The summed E-state index contributed by atoms with van der Waals surface area (Å²) in [6.45, 7) is 13.3. The molecule has 1 heteroatoms. The summed E-state index contributed by atoms with van der Waals surface area (Å²) in [5, 5.41) is 10.3. The average Bonchev–Trinajstić information content (AvgIpc) is 2.21. The molecule has 0 radical (unpaired) electrons. The van der Waals surface area contributed by atoms with Gasteiger partial charge in [0, 0.05) is 0 Å². The van der Waals surface area contributed by atoms with Crippen LogP contribution in [0.4, 0.5) is 0 Å². The molecule has 0 aliphatic heterocycles. The van der Waals surface area contributed by atoms with Gasteiger partial charge in [0.25, 0.3) is 0 Å². The van der Waals surface area contributed by atoms with Crippen molar-refractivity contribution in [3.05, 3.63) is 28.8 Å². The Hall–Kier alpha value is -0.980. The molecule has 0 saturated heterocycles. The molecule has 1 aromatic carbocycles. The van der Waals surface area contributed by atoms with Gasteiger partial charge in [-0.3, -0.25) is 0 Å². The molecular formula is C18H30O. The van der Waals surface area contributed by atoms with Crippen LogP contribution in [0.5, 0.6) is 5.75 Å². The van der Waals surface area contributed by atoms with Crippen LogP contribution < -0.4 is 0 Å². The standard InChI is InChI=1S/C18H30O/c1-12(2)7-15-10-16(8-13(3)4)17(9-14(5)6)18(19)11-15/h10-14,19H,7-9H2,1-6H3. The van der Waals surface area contributed by atoms with Gasteiger partial charge in [0.1, 0.15) is 5.75 Å². The number of aromatic hydroxyl groups is 1. The molecule has 108 valence electrons. The third-order valence-electron chi connectivity index (χ3n) is 3.26. The highest BCUT2D eigenvalue weighted by atomic mass is 16.3. The number of benzene rings is 1. The lowest BCUT2D eigenvalue weighted by atomic mass is 9.89. The van der Waals surface area contributed by atoms with Gasteiger partial charge >= 0.3 is 0 Å². The van der Waals surface area contributed by atoms with Crippen LogP contribution >= 0.6 is 0 Å². The molecule has 1 N–H and O–H groups in total. The first-order chi connectivity index (χ1) is 8.79. The van der Waals surface area contributed by atoms with E-state index in [1.54, 1.807) is 0 Å². The maximum Gasteiger partial charge on any atom is 0.119 e. The van der Waals surface area contributed by atoms with Crippen molar-refractivity contribution in [2.45, 2.75) is 60.8 Å². The Morgan fingerprint density at radius 3 is 1.79 bits per heavy atom. The molecule has 1 rings (SSSR count). The minimum absolute atomic E-state index is 0.502. The van der Waals surface area contributed by atoms with Gasteiger partial charge in [-0.1, -0.05) is 47.6 Å². The monoisotopic (exact) mass is 262 g/mol. The van der Waals surface area contributed by atoms with Crippen LogP contribution in [-0.2, 0) is 19.3 Å². The maximum atomic E-state index is 10.3. The van der Waals surface area contributed by atoms with Crippen molar-refractivity contribution in [1.29, 1.82) is 0 Å². The molecule has 0 saturated carbocycles. The molecular weight excluding hydrogens is 232 g/mol. The molecule has 0 fully saturated rings. The molecule has 0 unspecified atom stereocenters. The van der Waals surface area contributed by atoms with Crippen LogP contribution in [-0.4, -0.2) is 5.11 Å². The molecule has 0 atom stereocenters. The van der Waals surface area contributed by atoms with Gasteiger partial charge in [-0.15, -0.1) is 0 Å². The lowest BCUT2D eigenvalue weighted by Gasteiger charge is -2.18. The summed E-state index contributed by atoms with van der Waals surface area (Å²) in [5.74, 6) is 2.33. The van der Waals surface area contributed by atoms with Gasteiger partial charge in [0.15, 0.2) is 0 Å². The Morgan fingerprint density at radius 1 is 0.789 bits per heavy atom. The maximum absolute atomic E-state index is 10.3. The largest absolute Gasteiger partial charge is 0.508 e. The summed E-state index contributed by atoms with van der Waals surface area (Å²) >= 11 is 0. The van der Waals surface area contributed by atoms with Crippen molar-refractivity contribution >= 4 is 0 Å². The fraction of sp³-hybridized carbons (Fsp3) is 0.667. The fourth-order valence-electron chi connectivity index (χ4n) is 2.63. The summed E-state index contributed by atoms with van der Waals surface area (Å²) in [7, 11) is 0. The summed E-state index contributed by atoms with van der Waals surface area (Å²) in [6, 6.07) is 4.29. The second-order valence-corrected chi connectivity index (χ2v) is 7.05. The molecule has 1 aromatic rings. The zero-order valence-electron chi connectivity index (χ0n) is 13.5. The molecule has 0 aliphatic rings. The summed E-state index contributed by atoms with van der Waals surface area (Å²) in [4.78, 5) is 0. The van der Waals surface area contributed by atoms with Crippen LogP contribution in [0.25, 0.3) is 0 Å². The fourth-order valence-corrected chi connectivity index (χ4v) is 2.63. The van der Waals surface area contributed by atoms with Crippen LogP contribution in [0.15, 0.2) is 12.1 Å². The van der Waals surface area contributed by atoms with Crippen molar-refractivity contribution in [3.63, 3.8) is 0 Å². The van der Waals surface area contributed by atoms with Crippen LogP contribution in [0.3, 0.4) is 0 Å². The second kappa shape index (κ2) is 6.98.